The van der Waals surface area contributed by atoms with Gasteiger partial charge in [-0.25, -0.2) is 19.2 Å². The number of ether oxygens (including phenoxy) is 3. The fourth-order valence-electron chi connectivity index (χ4n) is 15.2. The van der Waals surface area contributed by atoms with Crippen molar-refractivity contribution < 1.29 is 56.9 Å². The maximum Gasteiger partial charge on any atom is 0.482 e. The first-order valence-corrected chi connectivity index (χ1v) is 32.2. The number of nitro groups is 1. The number of piperidine rings is 2. The second kappa shape index (κ2) is 28.1. The Labute approximate surface area is 534 Å². The van der Waals surface area contributed by atoms with Crippen LogP contribution in [0.25, 0.3) is 0 Å². The van der Waals surface area contributed by atoms with Crippen molar-refractivity contribution in [3.8, 4) is 5.75 Å². The van der Waals surface area contributed by atoms with Gasteiger partial charge in [0.15, 0.2) is 0 Å². The Balaban J connectivity index is 0.000000180. The number of rotatable bonds is 13. The molecule has 13 rings (SSSR count). The molecule has 6 saturated carbocycles. The van der Waals surface area contributed by atoms with E-state index < -0.39 is 35.4 Å². The topological polar surface area (TPSA) is 245 Å². The molecule has 23 heteroatoms. The van der Waals surface area contributed by atoms with E-state index in [0.717, 1.165) is 69.3 Å². The highest BCUT2D eigenvalue weighted by molar-refractivity contribution is 6.48. The number of urea groups is 1. The zero-order valence-corrected chi connectivity index (χ0v) is 55.3. The van der Waals surface area contributed by atoms with Gasteiger partial charge in [0.25, 0.3) is 5.69 Å². The molecule has 488 valence electrons. The van der Waals surface area contributed by atoms with Crippen molar-refractivity contribution >= 4 is 56.6 Å². The Hall–Kier alpha value is -5.64. The number of carbonyl (C=O) groups is 4. The molecule has 5 amide bonds. The molecule has 3 aromatic carbocycles. The highest BCUT2D eigenvalue weighted by atomic mass is 35.5. The number of benzene rings is 3. The molecule has 0 unspecified atom stereocenters. The SMILES string of the molecule is CC(C)(C)OC(=O)N1CCCC[C@H]1CNC(=O)N[C@@H](Cc1ccccc1)B1O[C@@H]2C[C@@H]3C[C@@H](C3(C)C)[C@]2(C)O1.CC(C)(C)OC(=O)N1CCCC[C@H]1CNC(=O)Oc1ccc([N+](=O)[O-])cc1.CC1(C)[C@@H]2C[C@H]3OB([C@@H](N)Cc4ccccc4)O[C@@]3(C)[C@H]1C2.Cl. The highest BCUT2D eigenvalue weighted by Crippen LogP contribution is 2.67. The Morgan fingerprint density at radius 3 is 1.56 bits per heavy atom. The molecule has 0 spiro atoms. The third kappa shape index (κ3) is 16.3. The van der Waals surface area contributed by atoms with Crippen LogP contribution in [0, 0.1) is 44.6 Å². The molecule has 5 N–H and O–H groups in total. The Kier molecular flexibility index (Phi) is 21.8. The largest absolute Gasteiger partial charge is 0.482 e. The monoisotopic (exact) mass is 1250 g/mol. The predicted molar refractivity (Wildman–Crippen MR) is 344 cm³/mol. The van der Waals surface area contributed by atoms with Crippen LogP contribution in [0.4, 0.5) is 24.9 Å². The highest BCUT2D eigenvalue weighted by Gasteiger charge is 2.70. The number of amides is 5. The van der Waals surface area contributed by atoms with E-state index in [1.54, 1.807) is 9.80 Å². The first-order chi connectivity index (χ1) is 41.4. The first-order valence-electron chi connectivity index (χ1n) is 32.2. The molecular weight excluding hydrogens is 1160 g/mol. The summed E-state index contributed by atoms with van der Waals surface area (Å²) >= 11 is 0. The van der Waals surface area contributed by atoms with Crippen LogP contribution in [-0.4, -0.2) is 138 Å². The maximum atomic E-state index is 13.3. The van der Waals surface area contributed by atoms with Gasteiger partial charge in [-0.2, -0.15) is 0 Å². The van der Waals surface area contributed by atoms with Crippen molar-refractivity contribution in [1.82, 2.24) is 25.8 Å². The smallest absolute Gasteiger partial charge is 0.444 e. The molecule has 10 aliphatic rings. The van der Waals surface area contributed by atoms with Crippen molar-refractivity contribution in [2.45, 2.75) is 219 Å². The molecule has 6 aliphatic carbocycles. The third-order valence-corrected chi connectivity index (χ3v) is 20.3. The van der Waals surface area contributed by atoms with Gasteiger partial charge in [0.2, 0.25) is 0 Å². The van der Waals surface area contributed by atoms with E-state index in [-0.39, 0.29) is 102 Å². The first kappa shape index (κ1) is 69.3. The van der Waals surface area contributed by atoms with Crippen molar-refractivity contribution in [2.75, 3.05) is 26.2 Å². The standard InChI is InChI=1S/C30H46BN3O5.C18H26BNO2.C18H25N3O6.ClH/c1-28(2,3)37-27(36)34-15-11-10-14-22(34)19-32-26(35)33-25(16-20-12-8-7-9-13-20)31-38-24-18-21-17-23(29(21,4)5)30(24,6)39-31;1-17(2)13-10-14(17)18(3)15(11-13)21-19(22-18)16(20)9-12-7-5-4-6-8-12;1-18(2,3)27-17(23)20-11-5-4-6-14(20)12-19-16(22)26-15-9-7-13(8-10-15)21(24)25;/h7-9,12-13,21-25H,10-11,14-19H2,1-6H3,(H2,32,33,35);4-8,13-16H,9-11,20H2,1-3H3;7-10,14H,4-6,11-12H2,1-3H3,(H,19,22);1H/t21-,22-,23-,24+,25-,30-;13-,14-,15+,16-,18-;14-;/m000./s1. The number of likely N-dealkylation sites (tertiary alicyclic amines) is 2. The number of nitro benzene ring substituents is 1. The lowest BCUT2D eigenvalue weighted by Gasteiger charge is -2.64. The normalized spacial score (nSPS) is 29.1. The van der Waals surface area contributed by atoms with Crippen LogP contribution < -0.4 is 26.4 Å². The van der Waals surface area contributed by atoms with Gasteiger partial charge in [0, 0.05) is 44.3 Å². The maximum absolute atomic E-state index is 13.3. The summed E-state index contributed by atoms with van der Waals surface area (Å²) in [4.78, 5) is 63.9. The van der Waals surface area contributed by atoms with Gasteiger partial charge >= 0.3 is 38.5 Å². The summed E-state index contributed by atoms with van der Waals surface area (Å²) in [5, 5.41) is 19.5. The quantitative estimate of drug-likeness (QED) is 0.0707. The minimum Gasteiger partial charge on any atom is -0.444 e. The van der Waals surface area contributed by atoms with Crippen molar-refractivity contribution in [3.05, 3.63) is 106 Å². The average molecular weight is 1250 g/mol. The average Bonchev–Trinajstić information content (AvgIpc) is 1.75. The third-order valence-electron chi connectivity index (χ3n) is 20.3. The molecule has 89 heavy (non-hydrogen) atoms. The van der Waals surface area contributed by atoms with Gasteiger partial charge in [-0.05, 0) is 190 Å². The number of carbonyl (C=O) groups excluding carboxylic acids is 4. The summed E-state index contributed by atoms with van der Waals surface area (Å²) in [5.41, 5.74) is 7.67. The lowest BCUT2D eigenvalue weighted by atomic mass is 9.43. The number of nitrogens with one attached hydrogen (secondary N) is 3. The van der Waals surface area contributed by atoms with Crippen LogP contribution in [0.1, 0.15) is 158 Å². The molecule has 3 aromatic rings. The predicted octanol–water partition coefficient (Wildman–Crippen LogP) is 11.7. The van der Waals surface area contributed by atoms with Crippen molar-refractivity contribution in [2.24, 2.45) is 40.2 Å². The second-order valence-corrected chi connectivity index (χ2v) is 29.3. The molecule has 12 atom stereocenters. The zero-order valence-electron chi connectivity index (χ0n) is 54.5. The molecule has 20 nitrogen and oxygen atoms in total. The van der Waals surface area contributed by atoms with E-state index in [4.69, 9.17) is 38.6 Å². The number of non-ortho nitro benzene ring substituents is 1. The van der Waals surface area contributed by atoms with Gasteiger partial charge in [0.1, 0.15) is 17.0 Å². The summed E-state index contributed by atoms with van der Waals surface area (Å²) in [7, 11) is -0.792. The molecule has 4 bridgehead atoms. The molecule has 4 heterocycles. The summed E-state index contributed by atoms with van der Waals surface area (Å²) in [5.74, 6) is 2.24. The summed E-state index contributed by atoms with van der Waals surface area (Å²) < 4.78 is 42.1. The van der Waals surface area contributed by atoms with Crippen molar-refractivity contribution in [1.29, 1.82) is 0 Å². The molecule has 10 fully saturated rings. The molecule has 4 saturated heterocycles. The van der Waals surface area contributed by atoms with Gasteiger partial charge < -0.3 is 64.3 Å². The number of halogens is 1. The zero-order chi connectivity index (χ0) is 63.6. The lowest BCUT2D eigenvalue weighted by molar-refractivity contribution is -0.384. The summed E-state index contributed by atoms with van der Waals surface area (Å²) in [6.45, 7) is 26.8. The lowest BCUT2D eigenvalue weighted by Crippen LogP contribution is -2.65. The number of hydrogen-bond donors (Lipinski definition) is 4. The van der Waals surface area contributed by atoms with Gasteiger partial charge in [-0.3, -0.25) is 10.1 Å². The molecule has 0 radical (unpaired) electrons. The van der Waals surface area contributed by atoms with E-state index in [1.807, 2.05) is 65.8 Å². The second-order valence-electron chi connectivity index (χ2n) is 29.3. The molecule has 4 aliphatic heterocycles. The van der Waals surface area contributed by atoms with Crippen LogP contribution in [0.5, 0.6) is 5.75 Å². The van der Waals surface area contributed by atoms with E-state index in [9.17, 15) is 29.3 Å². The molecule has 0 aromatic heterocycles. The van der Waals surface area contributed by atoms with E-state index in [1.165, 1.54) is 42.7 Å². The van der Waals surface area contributed by atoms with Crippen LogP contribution in [-0.2, 0) is 40.9 Å². The molecular formula is C66H98B2ClN7O13. The van der Waals surface area contributed by atoms with Gasteiger partial charge in [0.05, 0.1) is 46.4 Å². The fraction of sp³-hybridized carbons (Fsp3) is 0.667. The van der Waals surface area contributed by atoms with E-state index >= 15 is 0 Å². The Morgan fingerprint density at radius 2 is 1.10 bits per heavy atom. The fourth-order valence-corrected chi connectivity index (χ4v) is 15.2. The number of nitrogens with two attached hydrogens (primary N) is 1. The number of hydrogen-bond acceptors (Lipinski definition) is 14. The van der Waals surface area contributed by atoms with Crippen molar-refractivity contribution in [3.63, 3.8) is 0 Å². The van der Waals surface area contributed by atoms with E-state index in [0.29, 0.717) is 49.2 Å². The Morgan fingerprint density at radius 1 is 0.652 bits per heavy atom. The van der Waals surface area contributed by atoms with E-state index in [2.05, 4.69) is 93.9 Å². The van der Waals surface area contributed by atoms with Crippen LogP contribution >= 0.6 is 12.4 Å². The van der Waals surface area contributed by atoms with Gasteiger partial charge in [-0.15, -0.1) is 12.4 Å². The number of nitrogens with zero attached hydrogens (tertiary/aromatic N) is 3. The van der Waals surface area contributed by atoms with Crippen LogP contribution in [0.3, 0.4) is 0 Å². The van der Waals surface area contributed by atoms with Crippen LogP contribution in [0.2, 0.25) is 0 Å². The minimum absolute atomic E-state index is 0. The summed E-state index contributed by atoms with van der Waals surface area (Å²) in [6.07, 6.45) is 10.3. The minimum atomic E-state index is -0.682. The Bertz CT molecular complexity index is 2910. The van der Waals surface area contributed by atoms with Gasteiger partial charge in [-0.1, -0.05) is 88.4 Å². The van der Waals surface area contributed by atoms with Crippen LogP contribution in [0.15, 0.2) is 84.9 Å². The summed E-state index contributed by atoms with van der Waals surface area (Å²) in [6, 6.07) is 25.2.